The minimum atomic E-state index is -0.914. The first-order valence-electron chi connectivity index (χ1n) is 12.3. The largest absolute Gasteiger partial charge is 0.490 e. The van der Waals surface area contributed by atoms with Crippen LogP contribution in [0.15, 0.2) is 54.1 Å². The second-order valence-electron chi connectivity index (χ2n) is 8.97. The lowest BCUT2D eigenvalue weighted by Gasteiger charge is -2.26. The van der Waals surface area contributed by atoms with Crippen molar-refractivity contribution in [3.8, 4) is 11.5 Å². The number of amides is 5. The lowest BCUT2D eigenvalue weighted by Crippen LogP contribution is -2.54. The molecule has 0 bridgehead atoms. The van der Waals surface area contributed by atoms with Crippen LogP contribution < -0.4 is 25.0 Å². The van der Waals surface area contributed by atoms with Crippen LogP contribution in [0, 0.1) is 17.4 Å². The van der Waals surface area contributed by atoms with E-state index in [2.05, 4.69) is 10.6 Å². The molecular formula is C29H24Cl2IN3O6. The van der Waals surface area contributed by atoms with Crippen LogP contribution in [0.4, 0.5) is 16.2 Å². The third-order valence-electron chi connectivity index (χ3n) is 5.92. The van der Waals surface area contributed by atoms with Gasteiger partial charge >= 0.3 is 6.03 Å². The van der Waals surface area contributed by atoms with E-state index >= 15 is 0 Å². The summed E-state index contributed by atoms with van der Waals surface area (Å²) in [6.07, 6.45) is 1.34. The molecule has 0 radical (unpaired) electrons. The number of hydrogen-bond donors (Lipinski definition) is 2. The molecule has 4 rings (SSSR count). The molecule has 0 saturated carbocycles. The molecule has 3 aromatic carbocycles. The molecule has 1 heterocycles. The van der Waals surface area contributed by atoms with Crippen molar-refractivity contribution in [3.05, 3.63) is 84.4 Å². The summed E-state index contributed by atoms with van der Waals surface area (Å²) in [4.78, 5) is 51.9. The zero-order valence-corrected chi connectivity index (χ0v) is 25.8. The number of rotatable bonds is 8. The molecule has 1 fully saturated rings. The quantitative estimate of drug-likeness (QED) is 0.162. The number of halogens is 3. The number of ether oxygens (including phenoxy) is 2. The molecule has 1 aliphatic heterocycles. The smallest absolute Gasteiger partial charge is 0.335 e. The van der Waals surface area contributed by atoms with E-state index in [1.54, 1.807) is 19.1 Å². The van der Waals surface area contributed by atoms with Gasteiger partial charge in [-0.15, -0.1) is 0 Å². The van der Waals surface area contributed by atoms with Gasteiger partial charge in [-0.2, -0.15) is 0 Å². The highest BCUT2D eigenvalue weighted by Gasteiger charge is 2.37. The fraction of sp³-hybridized carbons (Fsp3) is 0.172. The summed E-state index contributed by atoms with van der Waals surface area (Å²) in [7, 11) is 0. The van der Waals surface area contributed by atoms with Crippen LogP contribution in [0.1, 0.15) is 23.6 Å². The number of hydrogen-bond acceptors (Lipinski definition) is 6. The third kappa shape index (κ3) is 7.00. The Hall–Kier alpha value is -3.61. The predicted octanol–water partition coefficient (Wildman–Crippen LogP) is 6.30. The Morgan fingerprint density at radius 3 is 2.49 bits per heavy atom. The van der Waals surface area contributed by atoms with Gasteiger partial charge in [0.1, 0.15) is 5.57 Å². The monoisotopic (exact) mass is 707 g/mol. The number of anilines is 2. The Kier molecular flexibility index (Phi) is 9.57. The van der Waals surface area contributed by atoms with Crippen molar-refractivity contribution in [1.82, 2.24) is 5.32 Å². The van der Waals surface area contributed by atoms with Gasteiger partial charge in [-0.1, -0.05) is 35.3 Å². The summed E-state index contributed by atoms with van der Waals surface area (Å²) in [5.41, 5.74) is 2.94. The first kappa shape index (κ1) is 30.4. The molecule has 0 spiro atoms. The molecule has 0 aromatic heterocycles. The van der Waals surface area contributed by atoms with Gasteiger partial charge in [0.2, 0.25) is 0 Å². The number of nitrogens with zero attached hydrogens (tertiary/aromatic N) is 1. The van der Waals surface area contributed by atoms with Crippen molar-refractivity contribution >= 4 is 87.0 Å². The van der Waals surface area contributed by atoms with E-state index in [1.165, 1.54) is 24.3 Å². The zero-order valence-electron chi connectivity index (χ0n) is 22.1. The van der Waals surface area contributed by atoms with Gasteiger partial charge in [-0.05, 0) is 103 Å². The highest BCUT2D eigenvalue weighted by molar-refractivity contribution is 14.1. The first-order chi connectivity index (χ1) is 19.5. The molecule has 12 heteroatoms. The number of nitrogens with one attached hydrogen (secondary N) is 2. The molecule has 5 amide bonds. The number of urea groups is 1. The molecule has 41 heavy (non-hydrogen) atoms. The summed E-state index contributed by atoms with van der Waals surface area (Å²) < 4.78 is 12.2. The number of benzene rings is 3. The summed E-state index contributed by atoms with van der Waals surface area (Å²) in [6, 6.07) is 12.3. The third-order valence-corrected chi connectivity index (χ3v) is 7.46. The predicted molar refractivity (Wildman–Crippen MR) is 166 cm³/mol. The fourth-order valence-electron chi connectivity index (χ4n) is 3.95. The van der Waals surface area contributed by atoms with E-state index < -0.39 is 17.8 Å². The van der Waals surface area contributed by atoms with Crippen LogP contribution in [-0.4, -0.2) is 37.0 Å². The second-order valence-corrected chi connectivity index (χ2v) is 11.0. The SMILES string of the molecule is CCOc1cc(/C=C2/C(=O)NC(=O)N(c3ccc(Cl)c(Cl)c3)C2=O)cc(I)c1OCC(=O)Nc1cc(C)ccc1C. The van der Waals surface area contributed by atoms with Gasteiger partial charge in [-0.25, -0.2) is 9.69 Å². The van der Waals surface area contributed by atoms with Crippen LogP contribution >= 0.6 is 45.8 Å². The molecule has 0 aliphatic carbocycles. The molecular weight excluding hydrogens is 684 g/mol. The summed E-state index contributed by atoms with van der Waals surface area (Å²) in [6.45, 7) is 5.64. The van der Waals surface area contributed by atoms with Gasteiger partial charge < -0.3 is 14.8 Å². The fourth-order valence-corrected chi connectivity index (χ4v) is 5.02. The van der Waals surface area contributed by atoms with Gasteiger partial charge in [0, 0.05) is 5.69 Å². The number of imide groups is 2. The van der Waals surface area contributed by atoms with E-state index in [-0.39, 0.29) is 33.8 Å². The maximum atomic E-state index is 13.3. The summed E-state index contributed by atoms with van der Waals surface area (Å²) >= 11 is 14.0. The van der Waals surface area contributed by atoms with E-state index in [0.29, 0.717) is 32.9 Å². The molecule has 0 atom stereocenters. The van der Waals surface area contributed by atoms with Crippen LogP contribution in [-0.2, 0) is 14.4 Å². The zero-order chi connectivity index (χ0) is 29.8. The van der Waals surface area contributed by atoms with E-state index in [1.807, 2.05) is 54.6 Å². The van der Waals surface area contributed by atoms with Crippen molar-refractivity contribution < 1.29 is 28.7 Å². The molecule has 0 unspecified atom stereocenters. The van der Waals surface area contributed by atoms with Crippen LogP contribution in [0.5, 0.6) is 11.5 Å². The molecule has 2 N–H and O–H groups in total. The molecule has 9 nitrogen and oxygen atoms in total. The number of barbiturate groups is 1. The van der Waals surface area contributed by atoms with Gasteiger partial charge in [-0.3, -0.25) is 19.7 Å². The lowest BCUT2D eigenvalue weighted by molar-refractivity contribution is -0.122. The van der Waals surface area contributed by atoms with Crippen LogP contribution in [0.3, 0.4) is 0 Å². The Labute approximate surface area is 259 Å². The van der Waals surface area contributed by atoms with Crippen LogP contribution in [0.25, 0.3) is 6.08 Å². The van der Waals surface area contributed by atoms with Crippen molar-refractivity contribution in [1.29, 1.82) is 0 Å². The first-order valence-corrected chi connectivity index (χ1v) is 14.1. The van der Waals surface area contributed by atoms with Gasteiger partial charge in [0.05, 0.1) is 25.9 Å². The summed E-state index contributed by atoms with van der Waals surface area (Å²) in [5, 5.41) is 5.40. The average Bonchev–Trinajstić information content (AvgIpc) is 2.90. The highest BCUT2D eigenvalue weighted by atomic mass is 127. The van der Waals surface area contributed by atoms with Gasteiger partial charge in [0.15, 0.2) is 18.1 Å². The average molecular weight is 708 g/mol. The number of carbonyl (C=O) groups is 4. The maximum Gasteiger partial charge on any atom is 0.335 e. The molecule has 212 valence electrons. The Balaban J connectivity index is 1.59. The minimum absolute atomic E-state index is 0.140. The summed E-state index contributed by atoms with van der Waals surface area (Å²) in [5.74, 6) is -1.40. The van der Waals surface area contributed by atoms with E-state index in [4.69, 9.17) is 32.7 Å². The molecule has 1 aliphatic rings. The highest BCUT2D eigenvalue weighted by Crippen LogP contribution is 2.36. The minimum Gasteiger partial charge on any atom is -0.490 e. The van der Waals surface area contributed by atoms with Crippen molar-refractivity contribution in [3.63, 3.8) is 0 Å². The topological polar surface area (TPSA) is 114 Å². The molecule has 3 aromatic rings. The molecule has 1 saturated heterocycles. The number of aryl methyl sites for hydroxylation is 2. The normalized spacial score (nSPS) is 14.2. The standard InChI is InChI=1S/C29H24Cl2IN3O6/c1-4-40-24-12-17(11-22(32)26(24)41-14-25(36)33-23-9-15(2)5-6-16(23)3)10-19-27(37)34-29(39)35(28(19)38)18-7-8-20(30)21(31)13-18/h5-13H,4,14H2,1-3H3,(H,33,36)(H,34,37,39)/b19-10-. The second kappa shape index (κ2) is 12.9. The Morgan fingerprint density at radius 1 is 1.02 bits per heavy atom. The van der Waals surface area contributed by atoms with Crippen molar-refractivity contribution in [2.75, 3.05) is 23.4 Å². The Morgan fingerprint density at radius 2 is 1.78 bits per heavy atom. The van der Waals surface area contributed by atoms with Gasteiger partial charge in [0.25, 0.3) is 17.7 Å². The Bertz CT molecular complexity index is 1610. The lowest BCUT2D eigenvalue weighted by atomic mass is 10.1. The van der Waals surface area contributed by atoms with E-state index in [9.17, 15) is 19.2 Å². The van der Waals surface area contributed by atoms with Crippen molar-refractivity contribution in [2.24, 2.45) is 0 Å². The van der Waals surface area contributed by atoms with Crippen LogP contribution in [0.2, 0.25) is 10.0 Å². The maximum absolute atomic E-state index is 13.3. The van der Waals surface area contributed by atoms with E-state index in [0.717, 1.165) is 16.0 Å². The van der Waals surface area contributed by atoms with Crippen molar-refractivity contribution in [2.45, 2.75) is 20.8 Å². The number of carbonyl (C=O) groups excluding carboxylic acids is 4.